The van der Waals surface area contributed by atoms with Crippen molar-refractivity contribution in [3.63, 3.8) is 0 Å². The van der Waals surface area contributed by atoms with Crippen LogP contribution in [-0.2, 0) is 88.6 Å². The molecule has 1 aromatic carbocycles. The molecule has 8 fully saturated rings. The number of hydrogen-bond acceptors (Lipinski definition) is 44. The summed E-state index contributed by atoms with van der Waals surface area (Å²) in [5.41, 5.74) is -2.17. The Bertz CT molecular complexity index is 2960. The maximum Gasteiger partial charge on any atom is 0.187 e. The summed E-state index contributed by atoms with van der Waals surface area (Å²) < 4.78 is 97.8. The highest BCUT2D eigenvalue weighted by Crippen LogP contribution is 2.43. The lowest BCUT2D eigenvalue weighted by Gasteiger charge is -2.47. The van der Waals surface area contributed by atoms with Crippen LogP contribution < -0.4 is 0 Å². The van der Waals surface area contributed by atoms with Crippen molar-refractivity contribution in [1.82, 2.24) is 0 Å². The van der Waals surface area contributed by atoms with Crippen molar-refractivity contribution in [3.05, 3.63) is 35.4 Å². The first-order chi connectivity index (χ1) is 64.3. The summed E-state index contributed by atoms with van der Waals surface area (Å²) in [6, 6.07) is 6.89. The van der Waals surface area contributed by atoms with E-state index >= 15 is 0 Å². The van der Waals surface area contributed by atoms with E-state index in [0.29, 0.717) is 49.7 Å². The van der Waals surface area contributed by atoms with Crippen LogP contribution in [0.3, 0.4) is 0 Å². The fraction of sp³-hybridized carbons (Fsp3) is 0.933. The van der Waals surface area contributed by atoms with E-state index in [2.05, 4.69) is 13.8 Å². The molecule has 41 atom stereocenters. The van der Waals surface area contributed by atoms with Gasteiger partial charge in [-0.15, -0.1) is 0 Å². The van der Waals surface area contributed by atoms with Crippen LogP contribution in [0.25, 0.3) is 0 Å². The Labute approximate surface area is 780 Å². The predicted molar refractivity (Wildman–Crippen MR) is 460 cm³/mol. The largest absolute Gasteiger partial charge is 0.394 e. The van der Waals surface area contributed by atoms with Gasteiger partial charge in [0.1, 0.15) is 195 Å². The molecule has 0 amide bonds. The number of benzene rings is 1. The van der Waals surface area contributed by atoms with Gasteiger partial charge in [0.15, 0.2) is 50.3 Å². The number of aliphatic hydroxyl groups excluding tert-OH is 28. The highest BCUT2D eigenvalue weighted by atomic mass is 16.8. The molecule has 9 rings (SSSR count). The first-order valence-electron chi connectivity index (χ1n) is 48.2. The minimum absolute atomic E-state index is 0.0863. The third-order valence-corrected chi connectivity index (χ3v) is 27.4. The molecule has 134 heavy (non-hydrogen) atoms. The van der Waals surface area contributed by atoms with Crippen molar-refractivity contribution < 1.29 is 219 Å². The fourth-order valence-corrected chi connectivity index (χ4v) is 19.0. The Hall–Kier alpha value is -2.54. The number of unbranched alkanes of at least 4 members (excludes halogenated alkanes) is 22. The zero-order valence-corrected chi connectivity index (χ0v) is 76.7. The summed E-state index contributed by atoms with van der Waals surface area (Å²) in [4.78, 5) is 0. The van der Waals surface area contributed by atoms with Crippen molar-refractivity contribution in [2.45, 2.75) is 439 Å². The first kappa shape index (κ1) is 115. The van der Waals surface area contributed by atoms with Gasteiger partial charge in [0, 0.05) is 10.8 Å². The molecule has 0 aliphatic carbocycles. The maximum atomic E-state index is 12.2. The van der Waals surface area contributed by atoms with E-state index in [9.17, 15) is 143 Å². The van der Waals surface area contributed by atoms with E-state index in [-0.39, 0.29) is 25.7 Å². The SMILES string of the molecule is CCCCCCCCCCCCCCC(CO[C@@H]1OC(CO)[C@@H](O[C@H]2OC(CO)[C@@H](O)[C@H](O)C2O)[C@H](O)C1O)(CO[C@@H]1OC(CO)[C@@H](O[C@@H]2OC(CO)[C@@H](O)[C@H](O)C2O)[C@H](O)C1O)Cc1ccccc1CC(CCCCCCCCCCCCCC)(CO[C@@H]1OC(CO)[C@@H](O[C@@H]2OC(CO)[C@@H](O)[C@H](O)C2O)[C@H](O)C1O)CO[C@@H]1OC(CO)[C@@H](O[C@@H]2OC(CO)[C@@H](O)[C@H](O)C2O)[C@H](O)C1O. The van der Waals surface area contributed by atoms with E-state index in [4.69, 9.17) is 75.8 Å². The third-order valence-electron chi connectivity index (χ3n) is 27.4. The smallest absolute Gasteiger partial charge is 0.187 e. The number of aliphatic hydroxyl groups is 28. The van der Waals surface area contributed by atoms with E-state index in [1.54, 1.807) is 24.3 Å². The third kappa shape index (κ3) is 30.5. The summed E-state index contributed by atoms with van der Waals surface area (Å²) in [5.74, 6) is 0. The van der Waals surface area contributed by atoms with Crippen LogP contribution in [0.5, 0.6) is 0 Å². The van der Waals surface area contributed by atoms with Gasteiger partial charge in [-0.2, -0.15) is 0 Å². The van der Waals surface area contributed by atoms with E-state index in [1.165, 1.54) is 0 Å². The van der Waals surface area contributed by atoms with Crippen LogP contribution in [0.4, 0.5) is 0 Å². The summed E-state index contributed by atoms with van der Waals surface area (Å²) in [5, 5.41) is 311. The standard InChI is InChI=1S/C90H158O44/c1-3-5-7-9-11-13-15-17-19-21-23-27-31-89(43-119-81-73(115)65(107)77(53(39-95)127-81)131-85-69(111)61(103)57(99)49(35-91)123-85,44-120-82-74(116)66(108)78(54(40-96)128-82)132-86-70(112)62(104)58(100)50(36-92)124-86)33-47-29-25-26-30-48(47)34-90(32-28-24-22-20-18-16-14-12-10-8-6-4-2,45-121-83-75(117)67(109)79(55(41-97)129-83)133-87-71(113)63(105)59(101)51(37-93)125-87)46-122-84-76(118)68(110)80(56(42-98)130-84)134-88-72(114)64(106)60(102)52(38-94)126-88/h25-26,29-30,49-88,91-118H,3-24,27-28,31-46H2,1-2H3/t49?,50?,51?,52?,53?,54?,55?,56?,57-,58-,59-,60-,61+,62+,63+,64+,65-,66-,67-,68-,69?,70?,71?,72?,73?,74?,75?,76?,77-,78-,79-,80-,81-,82-,83-,84-,85-,86+,87+,88+,89?,90?/m1/s1. The molecular weight excluding hydrogens is 1780 g/mol. The molecule has 1 aromatic rings. The summed E-state index contributed by atoms with van der Waals surface area (Å²) in [7, 11) is 0. The van der Waals surface area contributed by atoms with Crippen molar-refractivity contribution in [1.29, 1.82) is 0 Å². The Morgan fingerprint density at radius 3 is 0.590 bits per heavy atom. The minimum atomic E-state index is -2.11. The molecule has 8 aliphatic heterocycles. The second-order valence-electron chi connectivity index (χ2n) is 37.7. The Morgan fingerprint density at radius 1 is 0.216 bits per heavy atom. The van der Waals surface area contributed by atoms with Crippen LogP contribution in [-0.4, -0.2) is 468 Å². The van der Waals surface area contributed by atoms with Gasteiger partial charge >= 0.3 is 0 Å². The molecule has 44 nitrogen and oxygen atoms in total. The highest BCUT2D eigenvalue weighted by Gasteiger charge is 2.58. The van der Waals surface area contributed by atoms with Crippen LogP contribution in [0.15, 0.2) is 24.3 Å². The Morgan fingerprint density at radius 2 is 0.396 bits per heavy atom. The molecular formula is C90H158O44. The molecule has 0 aromatic heterocycles. The fourth-order valence-electron chi connectivity index (χ4n) is 19.0. The molecule has 0 radical (unpaired) electrons. The zero-order chi connectivity index (χ0) is 97.7. The Kier molecular flexibility index (Phi) is 49.1. The number of ether oxygens (including phenoxy) is 16. The van der Waals surface area contributed by atoms with Crippen molar-refractivity contribution in [3.8, 4) is 0 Å². The molecule has 0 spiro atoms. The zero-order valence-electron chi connectivity index (χ0n) is 76.7. The van der Waals surface area contributed by atoms with Crippen LogP contribution >= 0.6 is 0 Å². The molecule has 17 unspecified atom stereocenters. The van der Waals surface area contributed by atoms with Gasteiger partial charge in [-0.25, -0.2) is 0 Å². The second kappa shape index (κ2) is 57.2. The van der Waals surface area contributed by atoms with Gasteiger partial charge in [0.05, 0.1) is 79.3 Å². The van der Waals surface area contributed by atoms with Crippen molar-refractivity contribution >= 4 is 0 Å². The molecule has 0 bridgehead atoms. The average molecular weight is 1940 g/mol. The number of rotatable bonds is 58. The predicted octanol–water partition coefficient (Wildman–Crippen LogP) is -6.51. The normalized spacial score (nSPS) is 40.6. The lowest BCUT2D eigenvalue weighted by molar-refractivity contribution is -0.365. The van der Waals surface area contributed by atoms with Crippen molar-refractivity contribution in [2.75, 3.05) is 79.3 Å². The van der Waals surface area contributed by atoms with Crippen LogP contribution in [0.2, 0.25) is 0 Å². The topological polar surface area (TPSA) is 714 Å². The molecule has 8 aliphatic rings. The van der Waals surface area contributed by atoms with E-state index in [1.807, 2.05) is 0 Å². The van der Waals surface area contributed by atoms with E-state index in [0.717, 1.165) is 116 Å². The summed E-state index contributed by atoms with van der Waals surface area (Å²) in [6.07, 6.45) is -53.2. The molecule has 782 valence electrons. The van der Waals surface area contributed by atoms with Gasteiger partial charge in [0.2, 0.25) is 0 Å². The molecule has 8 heterocycles. The highest BCUT2D eigenvalue weighted by molar-refractivity contribution is 5.30. The number of hydrogen-bond donors (Lipinski definition) is 28. The minimum Gasteiger partial charge on any atom is -0.394 e. The summed E-state index contributed by atoms with van der Waals surface area (Å²) >= 11 is 0. The molecule has 28 N–H and O–H groups in total. The first-order valence-corrected chi connectivity index (χ1v) is 48.2. The Balaban J connectivity index is 1.12. The molecule has 0 saturated carbocycles. The molecule has 44 heteroatoms. The average Bonchev–Trinajstić information content (AvgIpc) is 0.787. The van der Waals surface area contributed by atoms with Gasteiger partial charge in [-0.3, -0.25) is 0 Å². The summed E-state index contributed by atoms with van der Waals surface area (Å²) in [6.45, 7) is -5.38. The second-order valence-corrected chi connectivity index (χ2v) is 37.7. The quantitative estimate of drug-likeness (QED) is 0.0270. The van der Waals surface area contributed by atoms with Crippen LogP contribution in [0.1, 0.15) is 192 Å². The molecule has 8 saturated heterocycles. The monoisotopic (exact) mass is 1940 g/mol. The van der Waals surface area contributed by atoms with Crippen molar-refractivity contribution in [2.24, 2.45) is 10.8 Å². The lowest BCUT2D eigenvalue weighted by Crippen LogP contribution is -2.65. The van der Waals surface area contributed by atoms with Gasteiger partial charge < -0.3 is 219 Å². The van der Waals surface area contributed by atoms with Gasteiger partial charge in [0.25, 0.3) is 0 Å². The maximum absolute atomic E-state index is 12.2. The lowest BCUT2D eigenvalue weighted by atomic mass is 9.73. The van der Waals surface area contributed by atoms with Gasteiger partial charge in [-0.05, 0) is 36.8 Å². The van der Waals surface area contributed by atoms with E-state index < -0.39 is 336 Å². The van der Waals surface area contributed by atoms with Gasteiger partial charge in [-0.1, -0.05) is 192 Å². The van der Waals surface area contributed by atoms with Crippen LogP contribution in [0, 0.1) is 10.8 Å².